The van der Waals surface area contributed by atoms with E-state index >= 15 is 0 Å². The van der Waals surface area contributed by atoms with Gasteiger partial charge in [0.15, 0.2) is 11.5 Å². The highest BCUT2D eigenvalue weighted by Crippen LogP contribution is 2.34. The molecule has 2 nitrogen and oxygen atoms in total. The first-order chi connectivity index (χ1) is 10.2. The van der Waals surface area contributed by atoms with Crippen LogP contribution in [0.2, 0.25) is 0 Å². The highest BCUT2D eigenvalue weighted by Gasteiger charge is 2.13. The van der Waals surface area contributed by atoms with E-state index in [9.17, 15) is 0 Å². The minimum atomic E-state index is -0.0812. The van der Waals surface area contributed by atoms with Crippen LogP contribution in [-0.4, -0.2) is 13.2 Å². The van der Waals surface area contributed by atoms with Gasteiger partial charge in [0.2, 0.25) is 0 Å². The van der Waals surface area contributed by atoms with Gasteiger partial charge in [-0.2, -0.15) is 0 Å². The van der Waals surface area contributed by atoms with Crippen LogP contribution in [0, 0.1) is 0 Å². The van der Waals surface area contributed by atoms with Gasteiger partial charge in [0.25, 0.3) is 0 Å². The number of halogens is 1. The number of rotatable bonds is 7. The molecule has 0 saturated heterocycles. The topological polar surface area (TPSA) is 18.5 Å². The smallest absolute Gasteiger partial charge is 0.161 e. The van der Waals surface area contributed by atoms with Crippen molar-refractivity contribution in [3.05, 3.63) is 59.7 Å². The van der Waals surface area contributed by atoms with Crippen LogP contribution in [-0.2, 0) is 6.42 Å². The van der Waals surface area contributed by atoms with E-state index < -0.39 is 0 Å². The highest BCUT2D eigenvalue weighted by molar-refractivity contribution is 6.21. The molecular formula is C18H21ClO2. The Morgan fingerprint density at radius 3 is 2.24 bits per heavy atom. The number of alkyl halides is 1. The Bertz CT molecular complexity index is 554. The molecule has 3 heteroatoms. The third-order valence-electron chi connectivity index (χ3n) is 3.19. The van der Waals surface area contributed by atoms with Crippen molar-refractivity contribution >= 4 is 11.6 Å². The van der Waals surface area contributed by atoms with Crippen molar-refractivity contribution < 1.29 is 9.47 Å². The van der Waals surface area contributed by atoms with Gasteiger partial charge in [-0.15, -0.1) is 11.6 Å². The average Bonchev–Trinajstić information content (AvgIpc) is 2.50. The van der Waals surface area contributed by atoms with E-state index in [4.69, 9.17) is 21.1 Å². The molecule has 0 aliphatic heterocycles. The molecule has 0 saturated carbocycles. The van der Waals surface area contributed by atoms with E-state index in [1.807, 2.05) is 50.2 Å². The Hall–Kier alpha value is -1.67. The number of ether oxygens (including phenoxy) is 2. The number of benzene rings is 2. The molecule has 0 radical (unpaired) electrons. The van der Waals surface area contributed by atoms with Crippen LogP contribution >= 0.6 is 11.6 Å². The highest BCUT2D eigenvalue weighted by atomic mass is 35.5. The molecule has 1 unspecified atom stereocenters. The summed E-state index contributed by atoms with van der Waals surface area (Å²) in [5.74, 6) is 1.53. The molecule has 0 fully saturated rings. The van der Waals surface area contributed by atoms with Gasteiger partial charge in [-0.05, 0) is 43.5 Å². The van der Waals surface area contributed by atoms with Gasteiger partial charge in [-0.25, -0.2) is 0 Å². The average molecular weight is 305 g/mol. The Morgan fingerprint density at radius 1 is 0.905 bits per heavy atom. The Labute approximate surface area is 131 Å². The molecule has 0 aliphatic rings. The van der Waals surface area contributed by atoms with Gasteiger partial charge in [-0.1, -0.05) is 36.4 Å². The minimum Gasteiger partial charge on any atom is -0.490 e. The van der Waals surface area contributed by atoms with Crippen LogP contribution in [0.25, 0.3) is 0 Å². The van der Waals surface area contributed by atoms with E-state index in [0.717, 1.165) is 23.5 Å². The molecule has 2 aromatic rings. The van der Waals surface area contributed by atoms with Gasteiger partial charge in [-0.3, -0.25) is 0 Å². The number of hydrogen-bond donors (Lipinski definition) is 0. The van der Waals surface area contributed by atoms with Crippen molar-refractivity contribution in [1.29, 1.82) is 0 Å². The Kier molecular flexibility index (Phi) is 5.94. The molecule has 0 aliphatic carbocycles. The van der Waals surface area contributed by atoms with E-state index in [2.05, 4.69) is 12.1 Å². The maximum atomic E-state index is 6.55. The molecule has 1 atom stereocenters. The lowest BCUT2D eigenvalue weighted by molar-refractivity contribution is 0.287. The van der Waals surface area contributed by atoms with Crippen molar-refractivity contribution in [2.75, 3.05) is 13.2 Å². The molecule has 21 heavy (non-hydrogen) atoms. The molecule has 0 bridgehead atoms. The molecule has 0 amide bonds. The molecule has 0 heterocycles. The van der Waals surface area contributed by atoms with Crippen molar-refractivity contribution in [1.82, 2.24) is 0 Å². The molecule has 2 rings (SSSR count). The fourth-order valence-electron chi connectivity index (χ4n) is 2.20. The van der Waals surface area contributed by atoms with E-state index in [1.54, 1.807) is 0 Å². The van der Waals surface area contributed by atoms with Crippen molar-refractivity contribution in [2.24, 2.45) is 0 Å². The van der Waals surface area contributed by atoms with Crippen LogP contribution in [0.1, 0.15) is 30.4 Å². The normalized spacial score (nSPS) is 12.0. The molecule has 112 valence electrons. The van der Waals surface area contributed by atoms with Gasteiger partial charge < -0.3 is 9.47 Å². The predicted octanol–water partition coefficient (Wildman–Crippen LogP) is 5.01. The van der Waals surface area contributed by atoms with E-state index in [1.165, 1.54) is 5.56 Å². The molecule has 0 aromatic heterocycles. The summed E-state index contributed by atoms with van der Waals surface area (Å²) in [4.78, 5) is 0. The number of hydrogen-bond acceptors (Lipinski definition) is 2. The summed E-state index contributed by atoms with van der Waals surface area (Å²) in [6.45, 7) is 5.15. The standard InChI is InChI=1S/C18H21ClO2/c1-3-20-17-11-10-15(13-18(17)21-4-2)16(19)12-14-8-6-5-7-9-14/h5-11,13,16H,3-4,12H2,1-2H3. The first kappa shape index (κ1) is 15.7. The second-order valence-corrected chi connectivity index (χ2v) is 5.26. The second-order valence-electron chi connectivity index (χ2n) is 4.73. The fourth-order valence-corrected chi connectivity index (χ4v) is 2.52. The van der Waals surface area contributed by atoms with E-state index in [-0.39, 0.29) is 5.38 Å². The van der Waals surface area contributed by atoms with Crippen LogP contribution < -0.4 is 9.47 Å². The van der Waals surface area contributed by atoms with Crippen molar-refractivity contribution in [3.8, 4) is 11.5 Å². The maximum absolute atomic E-state index is 6.55. The quantitative estimate of drug-likeness (QED) is 0.670. The minimum absolute atomic E-state index is 0.0812. The lowest BCUT2D eigenvalue weighted by atomic mass is 10.0. The third-order valence-corrected chi connectivity index (χ3v) is 3.59. The Balaban J connectivity index is 2.17. The summed E-state index contributed by atoms with van der Waals surface area (Å²) in [5, 5.41) is -0.0812. The van der Waals surface area contributed by atoms with E-state index in [0.29, 0.717) is 13.2 Å². The monoisotopic (exact) mass is 304 g/mol. The molecule has 0 N–H and O–H groups in total. The summed E-state index contributed by atoms with van der Waals surface area (Å²) >= 11 is 6.55. The summed E-state index contributed by atoms with van der Waals surface area (Å²) < 4.78 is 11.2. The van der Waals surface area contributed by atoms with Gasteiger partial charge in [0.05, 0.1) is 18.6 Å². The third kappa shape index (κ3) is 4.40. The Morgan fingerprint density at radius 2 is 1.57 bits per heavy atom. The van der Waals surface area contributed by atoms with Gasteiger partial charge in [0, 0.05) is 0 Å². The van der Waals surface area contributed by atoms with Crippen LogP contribution in [0.15, 0.2) is 48.5 Å². The fraction of sp³-hybridized carbons (Fsp3) is 0.333. The predicted molar refractivity (Wildman–Crippen MR) is 87.5 cm³/mol. The summed E-state index contributed by atoms with van der Waals surface area (Å²) in [6, 6.07) is 16.2. The first-order valence-electron chi connectivity index (χ1n) is 7.32. The SMILES string of the molecule is CCOc1ccc(C(Cl)Cc2ccccc2)cc1OCC. The van der Waals surface area contributed by atoms with Crippen molar-refractivity contribution in [3.63, 3.8) is 0 Å². The lowest BCUT2D eigenvalue weighted by Crippen LogP contribution is -2.01. The van der Waals surface area contributed by atoms with Crippen LogP contribution in [0.3, 0.4) is 0 Å². The zero-order valence-electron chi connectivity index (χ0n) is 12.5. The van der Waals surface area contributed by atoms with Crippen LogP contribution in [0.4, 0.5) is 0 Å². The lowest BCUT2D eigenvalue weighted by Gasteiger charge is -2.15. The zero-order valence-corrected chi connectivity index (χ0v) is 13.3. The summed E-state index contributed by atoms with van der Waals surface area (Å²) in [5.41, 5.74) is 2.27. The zero-order chi connectivity index (χ0) is 15.1. The summed E-state index contributed by atoms with van der Waals surface area (Å²) in [7, 11) is 0. The molecular weight excluding hydrogens is 284 g/mol. The molecule has 2 aromatic carbocycles. The second kappa shape index (κ2) is 7.94. The maximum Gasteiger partial charge on any atom is 0.161 e. The van der Waals surface area contributed by atoms with Crippen LogP contribution in [0.5, 0.6) is 11.5 Å². The molecule has 0 spiro atoms. The van der Waals surface area contributed by atoms with Gasteiger partial charge in [0.1, 0.15) is 0 Å². The first-order valence-corrected chi connectivity index (χ1v) is 7.75. The van der Waals surface area contributed by atoms with Crippen molar-refractivity contribution in [2.45, 2.75) is 25.6 Å². The largest absolute Gasteiger partial charge is 0.490 e. The summed E-state index contributed by atoms with van der Waals surface area (Å²) in [6.07, 6.45) is 0.794. The van der Waals surface area contributed by atoms with Gasteiger partial charge >= 0.3 is 0 Å².